The molecule has 144 valence electrons. The number of amides is 1. The molecule has 3 heterocycles. The Balaban J connectivity index is 1.63. The summed E-state index contributed by atoms with van der Waals surface area (Å²) in [7, 11) is -3.96. The monoisotopic (exact) mass is 397 g/mol. The lowest BCUT2D eigenvalue weighted by molar-refractivity contribution is -0.116. The molecule has 0 atom stereocenters. The summed E-state index contributed by atoms with van der Waals surface area (Å²) in [6.07, 6.45) is 2.32. The number of carbonyl (C=O) groups excluding carboxylic acids is 1. The fraction of sp³-hybridized carbons (Fsp3) is 0.263. The summed E-state index contributed by atoms with van der Waals surface area (Å²) in [4.78, 5) is 18.5. The van der Waals surface area contributed by atoms with Crippen LogP contribution < -0.4 is 4.90 Å². The van der Waals surface area contributed by atoms with Crippen molar-refractivity contribution in [2.45, 2.75) is 25.0 Å². The van der Waals surface area contributed by atoms with Crippen molar-refractivity contribution < 1.29 is 13.2 Å². The highest BCUT2D eigenvalue weighted by atomic mass is 32.2. The van der Waals surface area contributed by atoms with E-state index >= 15 is 0 Å². The maximum absolute atomic E-state index is 12.9. The Morgan fingerprint density at radius 3 is 2.64 bits per heavy atom. The Hall–Kier alpha value is -3.07. The zero-order chi connectivity index (χ0) is 19.7. The number of pyridine rings is 1. The number of aromatic nitrogens is 4. The summed E-state index contributed by atoms with van der Waals surface area (Å²) in [5, 5.41) is 7.67. The van der Waals surface area contributed by atoms with Crippen molar-refractivity contribution in [2.75, 3.05) is 17.2 Å². The van der Waals surface area contributed by atoms with Crippen LogP contribution in [0.15, 0.2) is 53.8 Å². The van der Waals surface area contributed by atoms with Crippen molar-refractivity contribution in [1.29, 1.82) is 0 Å². The Morgan fingerprint density at radius 2 is 1.89 bits per heavy atom. The van der Waals surface area contributed by atoms with Gasteiger partial charge in [-0.1, -0.05) is 24.3 Å². The van der Waals surface area contributed by atoms with E-state index in [2.05, 4.69) is 15.2 Å². The van der Waals surface area contributed by atoms with E-state index in [-0.39, 0.29) is 5.16 Å². The molecule has 28 heavy (non-hydrogen) atoms. The second kappa shape index (κ2) is 7.16. The number of fused-ring (bicyclic) bond motifs is 1. The summed E-state index contributed by atoms with van der Waals surface area (Å²) < 4.78 is 27.4. The Kier molecular flexibility index (Phi) is 4.68. The average molecular weight is 397 g/mol. The van der Waals surface area contributed by atoms with Crippen LogP contribution in [0.3, 0.4) is 0 Å². The van der Waals surface area contributed by atoms with Crippen molar-refractivity contribution in [3.8, 4) is 11.5 Å². The fourth-order valence-electron chi connectivity index (χ4n) is 3.39. The smallest absolute Gasteiger partial charge is 0.250 e. The van der Waals surface area contributed by atoms with Gasteiger partial charge in [0.05, 0.1) is 0 Å². The van der Waals surface area contributed by atoms with Crippen LogP contribution in [0.2, 0.25) is 0 Å². The molecule has 3 aromatic rings. The van der Waals surface area contributed by atoms with E-state index in [1.807, 2.05) is 24.3 Å². The second-order valence-electron chi connectivity index (χ2n) is 6.45. The van der Waals surface area contributed by atoms with Gasteiger partial charge in [-0.2, -0.15) is 0 Å². The van der Waals surface area contributed by atoms with Gasteiger partial charge in [0.1, 0.15) is 11.4 Å². The third-order valence-electron chi connectivity index (χ3n) is 4.71. The van der Waals surface area contributed by atoms with E-state index in [0.717, 1.165) is 17.7 Å². The van der Waals surface area contributed by atoms with Crippen LogP contribution in [0.5, 0.6) is 0 Å². The minimum atomic E-state index is -3.96. The highest BCUT2D eigenvalue weighted by Gasteiger charge is 2.32. The van der Waals surface area contributed by atoms with Crippen molar-refractivity contribution in [1.82, 2.24) is 19.7 Å². The van der Waals surface area contributed by atoms with Crippen LogP contribution in [0.1, 0.15) is 12.5 Å². The molecule has 1 aromatic carbocycles. The molecule has 0 spiro atoms. The molecular formula is C19H19N5O3S. The molecule has 4 rings (SSSR count). The number of para-hydroxylation sites is 1. The number of anilines is 1. The van der Waals surface area contributed by atoms with Gasteiger partial charge in [-0.15, -0.1) is 10.2 Å². The van der Waals surface area contributed by atoms with Gasteiger partial charge in [0, 0.05) is 25.0 Å². The third-order valence-corrected chi connectivity index (χ3v) is 6.19. The van der Waals surface area contributed by atoms with Crippen molar-refractivity contribution >= 4 is 21.4 Å². The number of rotatable bonds is 5. The quantitative estimate of drug-likeness (QED) is 0.650. The Labute approximate surface area is 162 Å². The fourth-order valence-corrected chi connectivity index (χ4v) is 4.72. The van der Waals surface area contributed by atoms with E-state index in [4.69, 9.17) is 0 Å². The van der Waals surface area contributed by atoms with Gasteiger partial charge in [0.25, 0.3) is 5.16 Å². The summed E-state index contributed by atoms with van der Waals surface area (Å²) >= 11 is 0. The van der Waals surface area contributed by atoms with Gasteiger partial charge in [-0.05, 0) is 37.1 Å². The van der Waals surface area contributed by atoms with E-state index in [1.54, 1.807) is 31.3 Å². The second-order valence-corrected chi connectivity index (χ2v) is 8.33. The maximum atomic E-state index is 12.9. The first-order chi connectivity index (χ1) is 13.5. The number of nitrogens with zero attached hydrogens (tertiary/aromatic N) is 5. The zero-order valence-electron chi connectivity index (χ0n) is 15.3. The molecule has 0 saturated carbocycles. The minimum absolute atomic E-state index is 0.212. The normalized spacial score (nSPS) is 13.5. The van der Waals surface area contributed by atoms with Gasteiger partial charge in [-0.3, -0.25) is 14.3 Å². The van der Waals surface area contributed by atoms with Crippen LogP contribution >= 0.6 is 0 Å². The molecule has 1 amide bonds. The zero-order valence-corrected chi connectivity index (χ0v) is 16.1. The van der Waals surface area contributed by atoms with Crippen molar-refractivity contribution in [3.05, 3.63) is 54.2 Å². The third kappa shape index (κ3) is 3.18. The van der Waals surface area contributed by atoms with E-state index in [1.165, 1.54) is 9.47 Å². The average Bonchev–Trinajstić information content (AvgIpc) is 3.33. The van der Waals surface area contributed by atoms with Gasteiger partial charge in [0.15, 0.2) is 5.82 Å². The first-order valence-electron chi connectivity index (χ1n) is 8.97. The molecule has 0 unspecified atom stereocenters. The number of hydrogen-bond donors (Lipinski definition) is 0. The van der Waals surface area contributed by atoms with Crippen molar-refractivity contribution in [2.24, 2.45) is 0 Å². The summed E-state index contributed by atoms with van der Waals surface area (Å²) in [5.74, 6) is -0.752. The highest BCUT2D eigenvalue weighted by molar-refractivity contribution is 7.92. The molecule has 0 saturated heterocycles. The van der Waals surface area contributed by atoms with Crippen LogP contribution in [-0.4, -0.2) is 46.4 Å². The number of carbonyl (C=O) groups is 1. The molecule has 0 aliphatic carbocycles. The molecule has 0 N–H and O–H groups in total. The van der Waals surface area contributed by atoms with E-state index < -0.39 is 21.5 Å². The lowest BCUT2D eigenvalue weighted by atomic mass is 10.2. The molecule has 2 aromatic heterocycles. The van der Waals surface area contributed by atoms with Crippen LogP contribution in [-0.2, 0) is 27.6 Å². The molecular weight excluding hydrogens is 378 g/mol. The predicted molar refractivity (Wildman–Crippen MR) is 103 cm³/mol. The SMILES string of the molecule is CCn1c(-c2ccccn2)nnc1S(=O)(=O)CC(=O)N1CCc2ccccc21. The van der Waals surface area contributed by atoms with E-state index in [9.17, 15) is 13.2 Å². The summed E-state index contributed by atoms with van der Waals surface area (Å²) in [6.45, 7) is 2.62. The van der Waals surface area contributed by atoms with Gasteiger partial charge >= 0.3 is 0 Å². The lowest BCUT2D eigenvalue weighted by Crippen LogP contribution is -2.35. The first kappa shape index (κ1) is 18.3. The number of benzene rings is 1. The molecule has 9 heteroatoms. The lowest BCUT2D eigenvalue weighted by Gasteiger charge is -2.17. The van der Waals surface area contributed by atoms with Gasteiger partial charge in [-0.25, -0.2) is 8.42 Å². The van der Waals surface area contributed by atoms with Gasteiger partial charge < -0.3 is 4.90 Å². The Morgan fingerprint density at radius 1 is 1.11 bits per heavy atom. The molecule has 0 bridgehead atoms. The van der Waals surface area contributed by atoms with Gasteiger partial charge in [0.2, 0.25) is 15.7 Å². The van der Waals surface area contributed by atoms with Crippen LogP contribution in [0.25, 0.3) is 11.5 Å². The van der Waals surface area contributed by atoms with Crippen molar-refractivity contribution in [3.63, 3.8) is 0 Å². The molecule has 0 fully saturated rings. The molecule has 0 radical (unpaired) electrons. The summed E-state index contributed by atoms with van der Waals surface area (Å²) in [5.41, 5.74) is 2.34. The topological polar surface area (TPSA) is 98.0 Å². The molecule has 1 aliphatic heterocycles. The molecule has 1 aliphatic rings. The van der Waals surface area contributed by atoms with Crippen LogP contribution in [0, 0.1) is 0 Å². The minimum Gasteiger partial charge on any atom is -0.311 e. The maximum Gasteiger partial charge on any atom is 0.250 e. The predicted octanol–water partition coefficient (Wildman–Crippen LogP) is 1.72. The van der Waals surface area contributed by atoms with E-state index in [0.29, 0.717) is 24.6 Å². The highest BCUT2D eigenvalue weighted by Crippen LogP contribution is 2.28. The number of hydrogen-bond acceptors (Lipinski definition) is 6. The standard InChI is InChI=1S/C19H19N5O3S/c1-2-23-18(15-8-5-6-11-20-15)21-22-19(23)28(26,27)13-17(25)24-12-10-14-7-3-4-9-16(14)24/h3-9,11H,2,10,12-13H2,1H3. The number of sulfone groups is 1. The largest absolute Gasteiger partial charge is 0.311 e. The summed E-state index contributed by atoms with van der Waals surface area (Å²) in [6, 6.07) is 12.8. The Bertz CT molecular complexity index is 1130. The van der Waals surface area contributed by atoms with Crippen LogP contribution in [0.4, 0.5) is 5.69 Å². The molecule has 8 nitrogen and oxygen atoms in total. The first-order valence-corrected chi connectivity index (χ1v) is 10.6.